The minimum atomic E-state index is -0.545. The van der Waals surface area contributed by atoms with Crippen molar-refractivity contribution >= 4 is 11.4 Å². The van der Waals surface area contributed by atoms with Gasteiger partial charge in [-0.25, -0.2) is 8.78 Å². The smallest absolute Gasteiger partial charge is 0.130 e. The summed E-state index contributed by atoms with van der Waals surface area (Å²) in [5.74, 6) is -0.508. The van der Waals surface area contributed by atoms with E-state index in [2.05, 4.69) is 0 Å². The molecule has 1 unspecified atom stereocenters. The van der Waals surface area contributed by atoms with Crippen molar-refractivity contribution in [3.05, 3.63) is 41.5 Å². The fourth-order valence-corrected chi connectivity index (χ4v) is 2.48. The van der Waals surface area contributed by atoms with Crippen LogP contribution in [0.15, 0.2) is 24.3 Å². The van der Waals surface area contributed by atoms with Crippen LogP contribution in [0.5, 0.6) is 0 Å². The Bertz CT molecular complexity index is 471. The second-order valence-corrected chi connectivity index (χ2v) is 4.93. The molecule has 3 heteroatoms. The summed E-state index contributed by atoms with van der Waals surface area (Å²) in [5.41, 5.74) is 1.60. The topological polar surface area (TPSA) is 17.1 Å². The van der Waals surface area contributed by atoms with Crippen LogP contribution >= 0.6 is 0 Å². The van der Waals surface area contributed by atoms with Gasteiger partial charge < -0.3 is 4.79 Å². The molecule has 1 aromatic rings. The van der Waals surface area contributed by atoms with E-state index in [4.69, 9.17) is 0 Å². The molecule has 0 saturated carbocycles. The normalized spacial score (nSPS) is 19.5. The van der Waals surface area contributed by atoms with Crippen LogP contribution in [0.3, 0.4) is 0 Å². The third kappa shape index (κ3) is 3.25. The van der Waals surface area contributed by atoms with Gasteiger partial charge in [0.1, 0.15) is 17.4 Å². The molecule has 0 amide bonds. The maximum atomic E-state index is 13.1. The molecule has 1 nitrogen and oxygen atoms in total. The second kappa shape index (κ2) is 5.42. The molecule has 0 N–H and O–H groups in total. The standard InChI is InChI=1S/C15H16F2O/c1-10(18)6-11-2-4-12(5-3-11)13-7-14(16)9-15(17)8-13/h4,7-9,11H,2-3,5-6H2,1H3. The van der Waals surface area contributed by atoms with E-state index in [1.54, 1.807) is 6.92 Å². The summed E-state index contributed by atoms with van der Waals surface area (Å²) >= 11 is 0. The van der Waals surface area contributed by atoms with Crippen molar-refractivity contribution in [2.45, 2.75) is 32.6 Å². The van der Waals surface area contributed by atoms with E-state index in [9.17, 15) is 13.6 Å². The second-order valence-electron chi connectivity index (χ2n) is 4.93. The van der Waals surface area contributed by atoms with Gasteiger partial charge in [-0.2, -0.15) is 0 Å². The summed E-state index contributed by atoms with van der Waals surface area (Å²) in [5, 5.41) is 0. The molecule has 18 heavy (non-hydrogen) atoms. The largest absolute Gasteiger partial charge is 0.300 e. The number of carbonyl (C=O) groups is 1. The van der Waals surface area contributed by atoms with E-state index >= 15 is 0 Å². The highest BCUT2D eigenvalue weighted by atomic mass is 19.1. The molecule has 0 saturated heterocycles. The first kappa shape index (κ1) is 12.9. The highest BCUT2D eigenvalue weighted by molar-refractivity contribution is 5.76. The summed E-state index contributed by atoms with van der Waals surface area (Å²) in [6.07, 6.45) is 5.10. The number of carbonyl (C=O) groups excluding carboxylic acids is 1. The molecule has 1 aromatic carbocycles. The van der Waals surface area contributed by atoms with Gasteiger partial charge in [0.2, 0.25) is 0 Å². The van der Waals surface area contributed by atoms with Crippen LogP contribution in [0.2, 0.25) is 0 Å². The summed E-state index contributed by atoms with van der Waals surface area (Å²) in [6.45, 7) is 1.60. The first-order valence-electron chi connectivity index (χ1n) is 6.19. The lowest BCUT2D eigenvalue weighted by Crippen LogP contribution is -2.09. The fraction of sp³-hybridized carbons (Fsp3) is 0.400. The van der Waals surface area contributed by atoms with Gasteiger partial charge in [0.25, 0.3) is 0 Å². The molecule has 2 rings (SSSR count). The highest BCUT2D eigenvalue weighted by Gasteiger charge is 2.17. The van der Waals surface area contributed by atoms with Gasteiger partial charge in [-0.1, -0.05) is 6.08 Å². The van der Waals surface area contributed by atoms with Gasteiger partial charge in [-0.15, -0.1) is 0 Å². The molecule has 0 aromatic heterocycles. The van der Waals surface area contributed by atoms with Crippen LogP contribution < -0.4 is 0 Å². The van der Waals surface area contributed by atoms with Crippen molar-refractivity contribution in [3.63, 3.8) is 0 Å². The van der Waals surface area contributed by atoms with E-state index in [0.29, 0.717) is 17.9 Å². The number of halogens is 2. The number of Topliss-reactive ketones (excluding diaryl/α,β-unsaturated/α-hetero) is 1. The zero-order valence-corrected chi connectivity index (χ0v) is 10.4. The lowest BCUT2D eigenvalue weighted by atomic mass is 9.84. The highest BCUT2D eigenvalue weighted by Crippen LogP contribution is 2.32. The van der Waals surface area contributed by atoms with Crippen LogP contribution in [0, 0.1) is 17.6 Å². The quantitative estimate of drug-likeness (QED) is 0.788. The zero-order chi connectivity index (χ0) is 13.1. The Morgan fingerprint density at radius 3 is 2.44 bits per heavy atom. The molecule has 1 aliphatic rings. The van der Waals surface area contributed by atoms with Crippen molar-refractivity contribution in [1.82, 2.24) is 0 Å². The van der Waals surface area contributed by atoms with Gasteiger partial charge in [-0.05, 0) is 55.4 Å². The third-order valence-corrected chi connectivity index (χ3v) is 3.33. The fourth-order valence-electron chi connectivity index (χ4n) is 2.48. The van der Waals surface area contributed by atoms with E-state index in [1.165, 1.54) is 12.1 Å². The minimum Gasteiger partial charge on any atom is -0.300 e. The van der Waals surface area contributed by atoms with Crippen molar-refractivity contribution in [2.24, 2.45) is 5.92 Å². The Balaban J connectivity index is 2.11. The maximum Gasteiger partial charge on any atom is 0.130 e. The molecular weight excluding hydrogens is 234 g/mol. The van der Waals surface area contributed by atoms with Crippen LogP contribution in [0.25, 0.3) is 5.57 Å². The van der Waals surface area contributed by atoms with Crippen molar-refractivity contribution < 1.29 is 13.6 Å². The van der Waals surface area contributed by atoms with Gasteiger partial charge in [0.15, 0.2) is 0 Å². The molecule has 0 heterocycles. The van der Waals surface area contributed by atoms with E-state index in [1.807, 2.05) is 6.08 Å². The van der Waals surface area contributed by atoms with Crippen LogP contribution in [0.1, 0.15) is 38.2 Å². The number of rotatable bonds is 3. The minimum absolute atomic E-state index is 0.202. The predicted octanol–water partition coefficient (Wildman–Crippen LogP) is 4.13. The van der Waals surface area contributed by atoms with E-state index in [0.717, 1.165) is 30.9 Å². The molecule has 0 radical (unpaired) electrons. The zero-order valence-electron chi connectivity index (χ0n) is 10.4. The molecule has 1 aliphatic carbocycles. The molecular formula is C15H16F2O. The van der Waals surface area contributed by atoms with Crippen molar-refractivity contribution in [1.29, 1.82) is 0 Å². The number of benzene rings is 1. The average Bonchev–Trinajstić information content (AvgIpc) is 2.27. The predicted molar refractivity (Wildman–Crippen MR) is 67.0 cm³/mol. The van der Waals surface area contributed by atoms with Crippen molar-refractivity contribution in [2.75, 3.05) is 0 Å². The maximum absolute atomic E-state index is 13.1. The first-order chi connectivity index (χ1) is 8.54. The van der Waals surface area contributed by atoms with Crippen LogP contribution in [-0.2, 0) is 4.79 Å². The molecule has 0 spiro atoms. The average molecular weight is 250 g/mol. The Hall–Kier alpha value is -1.51. The van der Waals surface area contributed by atoms with E-state index < -0.39 is 11.6 Å². The number of hydrogen-bond acceptors (Lipinski definition) is 1. The molecule has 0 fully saturated rings. The Morgan fingerprint density at radius 1 is 1.28 bits per heavy atom. The third-order valence-electron chi connectivity index (χ3n) is 3.33. The molecule has 1 atom stereocenters. The number of hydrogen-bond donors (Lipinski definition) is 0. The number of ketones is 1. The Morgan fingerprint density at radius 2 is 1.94 bits per heavy atom. The molecule has 0 bridgehead atoms. The molecule has 0 aliphatic heterocycles. The number of allylic oxidation sites excluding steroid dienone is 2. The lowest BCUT2D eigenvalue weighted by molar-refractivity contribution is -0.117. The first-order valence-corrected chi connectivity index (χ1v) is 6.19. The van der Waals surface area contributed by atoms with Gasteiger partial charge in [0.05, 0.1) is 0 Å². The van der Waals surface area contributed by atoms with E-state index in [-0.39, 0.29) is 5.78 Å². The Kier molecular flexibility index (Phi) is 3.90. The summed E-state index contributed by atoms with van der Waals surface area (Å²) < 4.78 is 26.2. The monoisotopic (exact) mass is 250 g/mol. The summed E-state index contributed by atoms with van der Waals surface area (Å²) in [4.78, 5) is 11.0. The summed E-state index contributed by atoms with van der Waals surface area (Å²) in [7, 11) is 0. The summed E-state index contributed by atoms with van der Waals surface area (Å²) in [6, 6.07) is 3.60. The van der Waals surface area contributed by atoms with Gasteiger partial charge in [0, 0.05) is 12.5 Å². The van der Waals surface area contributed by atoms with Crippen molar-refractivity contribution in [3.8, 4) is 0 Å². The van der Waals surface area contributed by atoms with Crippen LogP contribution in [-0.4, -0.2) is 5.78 Å². The van der Waals surface area contributed by atoms with Gasteiger partial charge in [-0.3, -0.25) is 0 Å². The lowest BCUT2D eigenvalue weighted by Gasteiger charge is -2.21. The Labute approximate surface area is 106 Å². The SMILES string of the molecule is CC(=O)CC1CC=C(c2cc(F)cc(F)c2)CC1. The van der Waals surface area contributed by atoms with Crippen LogP contribution in [0.4, 0.5) is 8.78 Å². The molecule has 96 valence electrons. The van der Waals surface area contributed by atoms with Gasteiger partial charge >= 0.3 is 0 Å².